The van der Waals surface area contributed by atoms with Crippen LogP contribution < -0.4 is 19.9 Å². The highest BCUT2D eigenvalue weighted by molar-refractivity contribution is 7.89. The summed E-state index contributed by atoms with van der Waals surface area (Å²) < 4.78 is 33.6. The Kier molecular flexibility index (Phi) is 5.89. The van der Waals surface area contributed by atoms with E-state index in [1.807, 2.05) is 0 Å². The van der Waals surface area contributed by atoms with Crippen molar-refractivity contribution in [3.63, 3.8) is 0 Å². The molecule has 1 atom stereocenters. The zero-order valence-corrected chi connectivity index (χ0v) is 15.1. The van der Waals surface area contributed by atoms with Gasteiger partial charge in [-0.1, -0.05) is 17.7 Å². The van der Waals surface area contributed by atoms with Gasteiger partial charge >= 0.3 is 0 Å². The second-order valence-corrected chi connectivity index (χ2v) is 7.11. The van der Waals surface area contributed by atoms with Crippen molar-refractivity contribution < 1.29 is 22.7 Å². The van der Waals surface area contributed by atoms with Crippen LogP contribution in [-0.4, -0.2) is 27.5 Å². The molecule has 2 aromatic rings. The van der Waals surface area contributed by atoms with Gasteiger partial charge in [0.25, 0.3) is 5.91 Å². The predicted octanol–water partition coefficient (Wildman–Crippen LogP) is 2.40. The van der Waals surface area contributed by atoms with Crippen LogP contribution in [0.15, 0.2) is 47.4 Å². The standard InChI is InChI=1S/C16H17ClN2O5S/c1-10(24-12-5-3-4-11(17)8-12)16(20)19-14-9-13(25(18,21)22)6-7-15(14)23-2/h3-10H,1-2H3,(H,19,20)(H2,18,21,22). The van der Waals surface area contributed by atoms with Crippen LogP contribution in [0.4, 0.5) is 5.69 Å². The minimum absolute atomic E-state index is 0.146. The second-order valence-electron chi connectivity index (χ2n) is 5.11. The zero-order chi connectivity index (χ0) is 18.6. The predicted molar refractivity (Wildman–Crippen MR) is 94.5 cm³/mol. The first-order chi connectivity index (χ1) is 11.7. The minimum atomic E-state index is -3.91. The number of primary sulfonamides is 1. The van der Waals surface area contributed by atoms with Gasteiger partial charge in [-0.05, 0) is 43.3 Å². The second kappa shape index (κ2) is 7.73. The van der Waals surface area contributed by atoms with Gasteiger partial charge in [-0.25, -0.2) is 13.6 Å². The van der Waals surface area contributed by atoms with Crippen molar-refractivity contribution in [1.82, 2.24) is 0 Å². The fraction of sp³-hybridized carbons (Fsp3) is 0.188. The average molecular weight is 385 g/mol. The lowest BCUT2D eigenvalue weighted by Gasteiger charge is -2.16. The molecule has 25 heavy (non-hydrogen) atoms. The maximum atomic E-state index is 12.3. The Morgan fingerprint density at radius 3 is 2.56 bits per heavy atom. The quantitative estimate of drug-likeness (QED) is 0.795. The number of benzene rings is 2. The SMILES string of the molecule is COc1ccc(S(N)(=O)=O)cc1NC(=O)C(C)Oc1cccc(Cl)c1. The molecule has 1 unspecified atom stereocenters. The summed E-state index contributed by atoms with van der Waals surface area (Å²) in [7, 11) is -2.52. The summed E-state index contributed by atoms with van der Waals surface area (Å²) in [5.41, 5.74) is 0.167. The third-order valence-corrected chi connectivity index (χ3v) is 4.38. The Bertz CT molecular complexity index is 886. The van der Waals surface area contributed by atoms with Gasteiger partial charge in [0.2, 0.25) is 10.0 Å². The first-order valence-corrected chi connectivity index (χ1v) is 9.07. The van der Waals surface area contributed by atoms with Crippen LogP contribution in [0, 0.1) is 0 Å². The number of anilines is 1. The maximum Gasteiger partial charge on any atom is 0.265 e. The number of nitrogens with one attached hydrogen (secondary N) is 1. The molecule has 0 fully saturated rings. The molecule has 0 saturated heterocycles. The van der Waals surface area contributed by atoms with Crippen LogP contribution >= 0.6 is 11.6 Å². The fourth-order valence-corrected chi connectivity index (χ4v) is 2.71. The molecular formula is C16H17ClN2O5S. The van der Waals surface area contributed by atoms with Crippen molar-refractivity contribution in [1.29, 1.82) is 0 Å². The van der Waals surface area contributed by atoms with Crippen molar-refractivity contribution in [2.24, 2.45) is 5.14 Å². The topological polar surface area (TPSA) is 108 Å². The molecule has 0 spiro atoms. The molecular weight excluding hydrogens is 368 g/mol. The highest BCUT2D eigenvalue weighted by atomic mass is 35.5. The van der Waals surface area contributed by atoms with Gasteiger partial charge in [0.05, 0.1) is 17.7 Å². The van der Waals surface area contributed by atoms with E-state index in [-0.39, 0.29) is 16.3 Å². The van der Waals surface area contributed by atoms with E-state index in [4.69, 9.17) is 26.2 Å². The van der Waals surface area contributed by atoms with E-state index in [1.165, 1.54) is 25.3 Å². The third kappa shape index (κ3) is 5.09. The number of hydrogen-bond acceptors (Lipinski definition) is 5. The van der Waals surface area contributed by atoms with E-state index in [0.717, 1.165) is 0 Å². The van der Waals surface area contributed by atoms with E-state index in [0.29, 0.717) is 10.8 Å². The maximum absolute atomic E-state index is 12.3. The molecule has 0 aromatic heterocycles. The molecule has 1 amide bonds. The molecule has 0 aliphatic heterocycles. The summed E-state index contributed by atoms with van der Waals surface area (Å²) in [5.74, 6) is 0.223. The highest BCUT2D eigenvalue weighted by Gasteiger charge is 2.19. The number of carbonyl (C=O) groups excluding carboxylic acids is 1. The van der Waals surface area contributed by atoms with Gasteiger partial charge < -0.3 is 14.8 Å². The van der Waals surface area contributed by atoms with Gasteiger partial charge in [-0.2, -0.15) is 0 Å². The summed E-state index contributed by atoms with van der Waals surface area (Å²) in [4.78, 5) is 12.2. The lowest BCUT2D eigenvalue weighted by atomic mass is 10.2. The lowest BCUT2D eigenvalue weighted by Crippen LogP contribution is -2.30. The molecule has 0 heterocycles. The molecule has 134 valence electrons. The van der Waals surface area contributed by atoms with E-state index in [2.05, 4.69) is 5.32 Å². The van der Waals surface area contributed by atoms with Gasteiger partial charge in [0.1, 0.15) is 11.5 Å². The van der Waals surface area contributed by atoms with E-state index in [1.54, 1.807) is 31.2 Å². The largest absolute Gasteiger partial charge is 0.495 e. The molecule has 0 bridgehead atoms. The van der Waals surface area contributed by atoms with Crippen molar-refractivity contribution in [2.75, 3.05) is 12.4 Å². The molecule has 0 aliphatic rings. The number of sulfonamides is 1. The van der Waals surface area contributed by atoms with E-state index < -0.39 is 22.0 Å². The molecule has 0 radical (unpaired) electrons. The lowest BCUT2D eigenvalue weighted by molar-refractivity contribution is -0.122. The van der Waals surface area contributed by atoms with Crippen molar-refractivity contribution in [3.8, 4) is 11.5 Å². The average Bonchev–Trinajstić information content (AvgIpc) is 2.53. The number of carbonyl (C=O) groups is 1. The highest BCUT2D eigenvalue weighted by Crippen LogP contribution is 2.27. The van der Waals surface area contributed by atoms with Crippen LogP contribution in [0.25, 0.3) is 0 Å². The summed E-state index contributed by atoms with van der Waals surface area (Å²) in [5, 5.41) is 8.15. The van der Waals surface area contributed by atoms with E-state index >= 15 is 0 Å². The number of amides is 1. The summed E-state index contributed by atoms with van der Waals surface area (Å²) >= 11 is 5.87. The number of nitrogens with two attached hydrogens (primary N) is 1. The van der Waals surface area contributed by atoms with Crippen molar-refractivity contribution >= 4 is 33.2 Å². The van der Waals surface area contributed by atoms with Gasteiger partial charge in [0, 0.05) is 5.02 Å². The van der Waals surface area contributed by atoms with Crippen LogP contribution in [0.3, 0.4) is 0 Å². The summed E-state index contributed by atoms with van der Waals surface area (Å²) in [6.07, 6.45) is -0.860. The normalized spacial score (nSPS) is 12.3. The van der Waals surface area contributed by atoms with Crippen LogP contribution in [0.1, 0.15) is 6.92 Å². The Labute approximate surface area is 150 Å². The number of halogens is 1. The molecule has 2 rings (SSSR count). The van der Waals surface area contributed by atoms with Crippen molar-refractivity contribution in [2.45, 2.75) is 17.9 Å². The Morgan fingerprint density at radius 2 is 1.96 bits per heavy atom. The molecule has 2 aromatic carbocycles. The third-order valence-electron chi connectivity index (χ3n) is 3.24. The smallest absolute Gasteiger partial charge is 0.265 e. The monoisotopic (exact) mass is 384 g/mol. The summed E-state index contributed by atoms with van der Waals surface area (Å²) in [6.45, 7) is 1.55. The van der Waals surface area contributed by atoms with Crippen LogP contribution in [0.2, 0.25) is 5.02 Å². The molecule has 0 aliphatic carbocycles. The molecule has 9 heteroatoms. The Hall–Kier alpha value is -2.29. The number of rotatable bonds is 6. The fourth-order valence-electron chi connectivity index (χ4n) is 1.99. The molecule has 3 N–H and O–H groups in total. The van der Waals surface area contributed by atoms with Crippen LogP contribution in [-0.2, 0) is 14.8 Å². The van der Waals surface area contributed by atoms with Gasteiger partial charge in [-0.15, -0.1) is 0 Å². The summed E-state index contributed by atoms with van der Waals surface area (Å²) in [6, 6.07) is 10.5. The van der Waals surface area contributed by atoms with Gasteiger partial charge in [0.15, 0.2) is 6.10 Å². The Morgan fingerprint density at radius 1 is 1.24 bits per heavy atom. The van der Waals surface area contributed by atoms with Gasteiger partial charge in [-0.3, -0.25) is 4.79 Å². The first-order valence-electron chi connectivity index (χ1n) is 7.14. The molecule has 7 nitrogen and oxygen atoms in total. The number of methoxy groups -OCH3 is 1. The van der Waals surface area contributed by atoms with E-state index in [9.17, 15) is 13.2 Å². The molecule has 0 saturated carbocycles. The minimum Gasteiger partial charge on any atom is -0.495 e. The Balaban J connectivity index is 2.18. The zero-order valence-electron chi connectivity index (χ0n) is 13.5. The first kappa shape index (κ1) is 19.0. The number of ether oxygens (including phenoxy) is 2. The number of hydrogen-bond donors (Lipinski definition) is 2. The van der Waals surface area contributed by atoms with Crippen LogP contribution in [0.5, 0.6) is 11.5 Å². The van der Waals surface area contributed by atoms with Crippen molar-refractivity contribution in [3.05, 3.63) is 47.5 Å².